The Labute approximate surface area is 153 Å². The Kier molecular flexibility index (Phi) is 9.86. The van der Waals surface area contributed by atoms with Crippen LogP contribution < -0.4 is 10.0 Å². The summed E-state index contributed by atoms with van der Waals surface area (Å²) in [4.78, 5) is 10.4. The number of nitrogens with one attached hydrogen (secondary N) is 2. The van der Waals surface area contributed by atoms with Crippen molar-refractivity contribution in [2.24, 2.45) is 0 Å². The minimum absolute atomic E-state index is 0.00882. The first-order chi connectivity index (χ1) is 12.0. The van der Waals surface area contributed by atoms with E-state index in [2.05, 4.69) is 22.7 Å². The summed E-state index contributed by atoms with van der Waals surface area (Å²) in [6.45, 7) is 0.961. The molecule has 0 radical (unpaired) electrons. The molecule has 0 unspecified atom stereocenters. The normalized spacial score (nSPS) is 10.6. The molecule has 8 heteroatoms. The highest BCUT2D eigenvalue weighted by Gasteiger charge is 2.10. The molecule has 25 heavy (non-hydrogen) atoms. The van der Waals surface area contributed by atoms with Gasteiger partial charge in [-0.3, -0.25) is 4.79 Å². The molecule has 0 spiro atoms. The lowest BCUT2D eigenvalue weighted by atomic mass is 10.2. The molecule has 2 aromatic rings. The molecule has 3 N–H and O–H groups in total. The predicted octanol–water partition coefficient (Wildman–Crippen LogP) is 1.76. The van der Waals surface area contributed by atoms with Crippen molar-refractivity contribution in [1.82, 2.24) is 10.0 Å². The van der Waals surface area contributed by atoms with Gasteiger partial charge in [-0.1, -0.05) is 48.5 Å². The molecule has 0 bridgehead atoms. The van der Waals surface area contributed by atoms with Crippen LogP contribution in [0.15, 0.2) is 65.6 Å². The van der Waals surface area contributed by atoms with Gasteiger partial charge in [0.1, 0.15) is 0 Å². The zero-order valence-electron chi connectivity index (χ0n) is 13.6. The number of aliphatic carboxylic acids is 1. The van der Waals surface area contributed by atoms with Gasteiger partial charge in [0.05, 0.1) is 11.4 Å². The lowest BCUT2D eigenvalue weighted by molar-refractivity contribution is -0.135. The van der Waals surface area contributed by atoms with Crippen LogP contribution in [0.25, 0.3) is 0 Å². The molecule has 136 valence electrons. The van der Waals surface area contributed by atoms with E-state index in [1.165, 1.54) is 0 Å². The third kappa shape index (κ3) is 9.25. The van der Waals surface area contributed by atoms with E-state index in [4.69, 9.17) is 5.11 Å². The zero-order valence-corrected chi connectivity index (χ0v) is 15.3. The largest absolute Gasteiger partial charge is 0.480 e. The van der Waals surface area contributed by atoms with Crippen molar-refractivity contribution < 1.29 is 18.3 Å². The van der Waals surface area contributed by atoms with E-state index in [0.29, 0.717) is 18.8 Å². The fraction of sp³-hybridized carbons (Fsp3) is 0.235. The summed E-state index contributed by atoms with van der Waals surface area (Å²) in [7, 11) is -3.32. The first kappa shape index (κ1) is 21.2. The van der Waals surface area contributed by atoms with Crippen molar-refractivity contribution in [2.45, 2.75) is 11.4 Å². The zero-order chi connectivity index (χ0) is 18.5. The lowest BCUT2D eigenvalue weighted by Crippen LogP contribution is -2.25. The van der Waals surface area contributed by atoms with E-state index in [0.717, 1.165) is 5.56 Å². The molecule has 0 aliphatic rings. The Morgan fingerprint density at radius 1 is 1.00 bits per heavy atom. The molecule has 0 aliphatic heterocycles. The number of rotatable bonds is 8. The van der Waals surface area contributed by atoms with Gasteiger partial charge in [-0.25, -0.2) is 13.1 Å². The Hall–Kier alpha value is -1.87. The third-order valence-electron chi connectivity index (χ3n) is 2.91. The van der Waals surface area contributed by atoms with E-state index in [1.54, 1.807) is 30.3 Å². The molecule has 2 aromatic carbocycles. The molecular weight excluding hydrogens is 360 g/mol. The minimum Gasteiger partial charge on any atom is -0.480 e. The van der Waals surface area contributed by atoms with Crippen molar-refractivity contribution in [3.05, 3.63) is 66.2 Å². The van der Waals surface area contributed by atoms with Crippen molar-refractivity contribution in [3.8, 4) is 0 Å². The van der Waals surface area contributed by atoms with Gasteiger partial charge >= 0.3 is 5.97 Å². The van der Waals surface area contributed by atoms with Crippen LogP contribution in [-0.4, -0.2) is 38.3 Å². The summed E-state index contributed by atoms with van der Waals surface area (Å²) in [5, 5.41) is 11.1. The van der Waals surface area contributed by atoms with E-state index >= 15 is 0 Å². The summed E-state index contributed by atoms with van der Waals surface area (Å²) in [6, 6.07) is 18.0. The van der Waals surface area contributed by atoms with Crippen LogP contribution >= 0.6 is 12.6 Å². The van der Waals surface area contributed by atoms with Crippen LogP contribution in [-0.2, 0) is 21.4 Å². The predicted molar refractivity (Wildman–Crippen MR) is 101 cm³/mol. The second-order valence-electron chi connectivity index (χ2n) is 4.92. The fourth-order valence-electron chi connectivity index (χ4n) is 1.77. The van der Waals surface area contributed by atoms with E-state index in [-0.39, 0.29) is 11.4 Å². The molecule has 0 atom stereocenters. The molecule has 0 saturated carbocycles. The van der Waals surface area contributed by atoms with Crippen molar-refractivity contribution in [3.63, 3.8) is 0 Å². The van der Waals surface area contributed by atoms with Gasteiger partial charge in [-0.15, -0.1) is 0 Å². The number of carboxylic acid groups (broad SMARTS) is 1. The number of hydrogen-bond donors (Lipinski definition) is 4. The molecule has 0 fully saturated rings. The van der Waals surface area contributed by atoms with Gasteiger partial charge in [-0.05, 0) is 17.7 Å². The number of benzene rings is 2. The third-order valence-corrected chi connectivity index (χ3v) is 4.61. The van der Waals surface area contributed by atoms with Crippen molar-refractivity contribution >= 4 is 28.6 Å². The first-order valence-electron chi connectivity index (χ1n) is 7.57. The number of sulfonamides is 1. The molecule has 0 aromatic heterocycles. The highest BCUT2D eigenvalue weighted by Crippen LogP contribution is 2.06. The van der Waals surface area contributed by atoms with Crippen LogP contribution in [0.3, 0.4) is 0 Å². The van der Waals surface area contributed by atoms with Gasteiger partial charge in [0.2, 0.25) is 10.0 Å². The average molecular weight is 383 g/mol. The number of thiol groups is 1. The molecule has 2 rings (SSSR count). The second-order valence-corrected chi connectivity index (χ2v) is 7.13. The van der Waals surface area contributed by atoms with Crippen LogP contribution in [0, 0.1) is 0 Å². The monoisotopic (exact) mass is 382 g/mol. The first-order valence-corrected chi connectivity index (χ1v) is 9.69. The smallest absolute Gasteiger partial charge is 0.317 e. The Morgan fingerprint density at radius 2 is 1.56 bits per heavy atom. The number of hydrogen-bond acceptors (Lipinski definition) is 5. The van der Waals surface area contributed by atoms with Gasteiger partial charge in [-0.2, -0.15) is 12.6 Å². The highest BCUT2D eigenvalue weighted by molar-refractivity contribution is 7.89. The molecule has 0 saturated heterocycles. The lowest BCUT2D eigenvalue weighted by Gasteiger charge is -2.03. The van der Waals surface area contributed by atoms with Gasteiger partial charge < -0.3 is 10.4 Å². The van der Waals surface area contributed by atoms with Crippen LogP contribution in [0.1, 0.15) is 5.56 Å². The number of carboxylic acids is 1. The summed E-state index contributed by atoms with van der Waals surface area (Å²) < 4.78 is 25.3. The highest BCUT2D eigenvalue weighted by atomic mass is 32.2. The van der Waals surface area contributed by atoms with Crippen LogP contribution in [0.2, 0.25) is 0 Å². The summed E-state index contributed by atoms with van der Waals surface area (Å²) in [5.74, 6) is -0.336. The van der Waals surface area contributed by atoms with E-state index in [1.807, 2.05) is 30.3 Å². The van der Waals surface area contributed by atoms with Crippen LogP contribution in [0.5, 0.6) is 0 Å². The summed E-state index contributed by atoms with van der Waals surface area (Å²) >= 11 is 3.92. The fourth-order valence-corrected chi connectivity index (χ4v) is 3.09. The molecule has 0 aliphatic carbocycles. The Bertz CT molecular complexity index is 723. The SMILES string of the molecule is O=C(O)CNCc1ccccc1.O=S(=O)(NCCS)c1ccccc1. The minimum atomic E-state index is -3.32. The standard InChI is InChI=1S/C9H11NO2.C8H11NO2S2/c11-9(12)7-10-6-8-4-2-1-3-5-8;10-13(11,9-6-7-12)8-4-2-1-3-5-8/h1-5,10H,6-7H2,(H,11,12);1-5,9,12H,6-7H2. The molecular formula is C17H22N2O4S2. The van der Waals surface area contributed by atoms with Gasteiger partial charge in [0.25, 0.3) is 0 Å². The topological polar surface area (TPSA) is 95.5 Å². The van der Waals surface area contributed by atoms with Crippen LogP contribution in [0.4, 0.5) is 0 Å². The van der Waals surface area contributed by atoms with E-state index < -0.39 is 16.0 Å². The average Bonchev–Trinajstić information content (AvgIpc) is 2.62. The van der Waals surface area contributed by atoms with Crippen molar-refractivity contribution in [1.29, 1.82) is 0 Å². The summed E-state index contributed by atoms with van der Waals surface area (Å²) in [6.07, 6.45) is 0. The second kappa shape index (κ2) is 11.6. The molecule has 0 heterocycles. The maximum Gasteiger partial charge on any atom is 0.317 e. The maximum atomic E-state index is 11.4. The van der Waals surface area contributed by atoms with E-state index in [9.17, 15) is 13.2 Å². The quantitative estimate of drug-likeness (QED) is 0.522. The molecule has 0 amide bonds. The molecule has 6 nitrogen and oxygen atoms in total. The maximum absolute atomic E-state index is 11.4. The summed E-state index contributed by atoms with van der Waals surface area (Å²) in [5.41, 5.74) is 1.10. The Balaban J connectivity index is 0.000000251. The van der Waals surface area contributed by atoms with Gasteiger partial charge in [0, 0.05) is 18.8 Å². The van der Waals surface area contributed by atoms with Gasteiger partial charge in [0.15, 0.2) is 0 Å². The Morgan fingerprint density at radius 3 is 2.08 bits per heavy atom. The number of carbonyl (C=O) groups is 1. The van der Waals surface area contributed by atoms with Crippen molar-refractivity contribution in [2.75, 3.05) is 18.8 Å².